The van der Waals surface area contributed by atoms with Crippen LogP contribution in [0.5, 0.6) is 0 Å². The van der Waals surface area contributed by atoms with E-state index in [0.717, 1.165) is 0 Å². The molecule has 0 aliphatic heterocycles. The van der Waals surface area contributed by atoms with Gasteiger partial charge in [0.25, 0.3) is 5.56 Å². The van der Waals surface area contributed by atoms with Crippen LogP contribution in [-0.4, -0.2) is 26.1 Å². The lowest BCUT2D eigenvalue weighted by atomic mass is 10.2. The van der Waals surface area contributed by atoms with Crippen molar-refractivity contribution in [1.29, 1.82) is 0 Å². The number of hydrogen-bond donors (Lipinski definition) is 1. The van der Waals surface area contributed by atoms with E-state index in [1.165, 1.54) is 10.9 Å². The van der Waals surface area contributed by atoms with Crippen LogP contribution >= 0.6 is 15.9 Å². The van der Waals surface area contributed by atoms with Crippen LogP contribution in [0.2, 0.25) is 0 Å². The van der Waals surface area contributed by atoms with Gasteiger partial charge in [-0.1, -0.05) is 28.1 Å². The Morgan fingerprint density at radius 2 is 2.18 bits per heavy atom. The van der Waals surface area contributed by atoms with Gasteiger partial charge in [0.2, 0.25) is 0 Å². The number of aromatic nitrogens is 2. The fourth-order valence-electron chi connectivity index (χ4n) is 1.68. The molecule has 0 saturated heterocycles. The zero-order valence-corrected chi connectivity index (χ0v) is 10.8. The zero-order chi connectivity index (χ0) is 12.3. The number of halogens is 1. The number of aliphatic hydroxyl groups is 1. The van der Waals surface area contributed by atoms with Crippen molar-refractivity contribution in [2.75, 3.05) is 5.33 Å². The molecule has 1 unspecified atom stereocenters. The fourth-order valence-corrected chi connectivity index (χ4v) is 2.21. The smallest absolute Gasteiger partial charge is 0.261 e. The Bertz CT molecular complexity index is 568. The first-order chi connectivity index (χ1) is 8.22. The van der Waals surface area contributed by atoms with Crippen molar-refractivity contribution in [3.05, 3.63) is 40.9 Å². The summed E-state index contributed by atoms with van der Waals surface area (Å²) in [6, 6.07) is 7.21. The maximum atomic E-state index is 12.1. The van der Waals surface area contributed by atoms with Crippen molar-refractivity contribution < 1.29 is 5.11 Å². The molecule has 1 aromatic heterocycles. The maximum absolute atomic E-state index is 12.1. The third-order valence-electron chi connectivity index (χ3n) is 2.58. The van der Waals surface area contributed by atoms with Crippen LogP contribution in [0.1, 0.15) is 6.42 Å². The second-order valence-corrected chi connectivity index (χ2v) is 4.64. The van der Waals surface area contributed by atoms with Crippen molar-refractivity contribution in [2.24, 2.45) is 0 Å². The van der Waals surface area contributed by atoms with Gasteiger partial charge in [-0.3, -0.25) is 9.36 Å². The lowest BCUT2D eigenvalue weighted by molar-refractivity contribution is 0.150. The lowest BCUT2D eigenvalue weighted by Gasteiger charge is -2.11. The minimum absolute atomic E-state index is 0.107. The van der Waals surface area contributed by atoms with E-state index in [0.29, 0.717) is 22.7 Å². The molecule has 2 rings (SSSR count). The standard InChI is InChI=1S/C12H13BrN2O2/c13-6-5-9(16)7-15-8-14-11-4-2-1-3-10(11)12(15)17/h1-4,8-9,16H,5-7H2. The third-order valence-corrected chi connectivity index (χ3v) is 3.04. The highest BCUT2D eigenvalue weighted by atomic mass is 79.9. The average molecular weight is 297 g/mol. The highest BCUT2D eigenvalue weighted by Gasteiger charge is 2.08. The largest absolute Gasteiger partial charge is 0.391 e. The lowest BCUT2D eigenvalue weighted by Crippen LogP contribution is -2.27. The average Bonchev–Trinajstić information content (AvgIpc) is 2.33. The van der Waals surface area contributed by atoms with E-state index in [9.17, 15) is 9.90 Å². The molecule has 1 atom stereocenters. The molecule has 0 spiro atoms. The van der Waals surface area contributed by atoms with Gasteiger partial charge in [0.15, 0.2) is 0 Å². The van der Waals surface area contributed by atoms with Gasteiger partial charge in [-0.2, -0.15) is 0 Å². The Labute approximate surface area is 107 Å². The van der Waals surface area contributed by atoms with E-state index in [1.807, 2.05) is 12.1 Å². The normalized spacial score (nSPS) is 12.8. The number of nitrogens with zero attached hydrogens (tertiary/aromatic N) is 2. The molecule has 1 heterocycles. The second kappa shape index (κ2) is 5.42. The molecule has 17 heavy (non-hydrogen) atoms. The number of para-hydroxylation sites is 1. The topological polar surface area (TPSA) is 55.1 Å². The van der Waals surface area contributed by atoms with E-state index in [4.69, 9.17) is 0 Å². The number of rotatable bonds is 4. The van der Waals surface area contributed by atoms with Crippen molar-refractivity contribution in [2.45, 2.75) is 19.1 Å². The predicted molar refractivity (Wildman–Crippen MR) is 70.4 cm³/mol. The summed E-state index contributed by atoms with van der Waals surface area (Å²) < 4.78 is 1.45. The molecule has 2 aromatic rings. The van der Waals surface area contributed by atoms with Crippen LogP contribution in [-0.2, 0) is 6.54 Å². The summed E-state index contributed by atoms with van der Waals surface area (Å²) in [5.74, 6) is 0. The molecule has 0 aliphatic rings. The van der Waals surface area contributed by atoms with E-state index < -0.39 is 6.10 Å². The number of aliphatic hydroxyl groups excluding tert-OH is 1. The molecule has 0 amide bonds. The Hall–Kier alpha value is -1.20. The van der Waals surface area contributed by atoms with E-state index in [1.54, 1.807) is 12.1 Å². The molecule has 5 heteroatoms. The van der Waals surface area contributed by atoms with Crippen LogP contribution in [0.4, 0.5) is 0 Å². The van der Waals surface area contributed by atoms with Crippen molar-refractivity contribution in [3.63, 3.8) is 0 Å². The number of hydrogen-bond acceptors (Lipinski definition) is 3. The number of benzene rings is 1. The second-order valence-electron chi connectivity index (χ2n) is 3.85. The summed E-state index contributed by atoms with van der Waals surface area (Å²) in [5.41, 5.74) is 0.577. The first-order valence-electron chi connectivity index (χ1n) is 5.40. The molecular weight excluding hydrogens is 284 g/mol. The minimum atomic E-state index is -0.532. The van der Waals surface area contributed by atoms with Crippen molar-refractivity contribution >= 4 is 26.8 Å². The third kappa shape index (κ3) is 2.73. The Morgan fingerprint density at radius 3 is 2.94 bits per heavy atom. The quantitative estimate of drug-likeness (QED) is 0.871. The molecule has 0 radical (unpaired) electrons. The summed E-state index contributed by atoms with van der Waals surface area (Å²) >= 11 is 3.26. The van der Waals surface area contributed by atoms with Crippen molar-refractivity contribution in [1.82, 2.24) is 9.55 Å². The molecule has 4 nitrogen and oxygen atoms in total. The fraction of sp³-hybridized carbons (Fsp3) is 0.333. The van der Waals surface area contributed by atoms with Gasteiger partial charge in [0.05, 0.1) is 29.9 Å². The number of alkyl halides is 1. The van der Waals surface area contributed by atoms with E-state index in [2.05, 4.69) is 20.9 Å². The Morgan fingerprint density at radius 1 is 1.41 bits per heavy atom. The van der Waals surface area contributed by atoms with E-state index >= 15 is 0 Å². The molecule has 90 valence electrons. The van der Waals surface area contributed by atoms with Gasteiger partial charge in [0, 0.05) is 5.33 Å². The summed E-state index contributed by atoms with van der Waals surface area (Å²) in [7, 11) is 0. The molecule has 1 aromatic carbocycles. The highest BCUT2D eigenvalue weighted by Crippen LogP contribution is 2.05. The molecule has 0 fully saturated rings. The van der Waals surface area contributed by atoms with Crippen LogP contribution in [0.3, 0.4) is 0 Å². The van der Waals surface area contributed by atoms with E-state index in [-0.39, 0.29) is 12.1 Å². The first kappa shape index (κ1) is 12.3. The van der Waals surface area contributed by atoms with Gasteiger partial charge in [-0.15, -0.1) is 0 Å². The van der Waals surface area contributed by atoms with Gasteiger partial charge in [0.1, 0.15) is 0 Å². The summed E-state index contributed by atoms with van der Waals surface area (Å²) in [4.78, 5) is 16.3. The Balaban J connectivity index is 2.36. The molecule has 1 N–H and O–H groups in total. The van der Waals surface area contributed by atoms with Crippen LogP contribution < -0.4 is 5.56 Å². The van der Waals surface area contributed by atoms with Gasteiger partial charge < -0.3 is 5.11 Å². The SMILES string of the molecule is O=c1c2ccccc2ncn1CC(O)CCBr. The maximum Gasteiger partial charge on any atom is 0.261 e. The number of fused-ring (bicyclic) bond motifs is 1. The molecular formula is C12H13BrN2O2. The van der Waals surface area contributed by atoms with Gasteiger partial charge in [-0.25, -0.2) is 4.98 Å². The summed E-state index contributed by atoms with van der Waals surface area (Å²) in [6.45, 7) is 0.280. The zero-order valence-electron chi connectivity index (χ0n) is 9.21. The van der Waals surface area contributed by atoms with Crippen LogP contribution in [0.15, 0.2) is 35.4 Å². The predicted octanol–water partition coefficient (Wildman–Crippen LogP) is 1.54. The summed E-state index contributed by atoms with van der Waals surface area (Å²) in [6.07, 6.45) is 1.57. The van der Waals surface area contributed by atoms with Crippen LogP contribution in [0, 0.1) is 0 Å². The molecule has 0 bridgehead atoms. The highest BCUT2D eigenvalue weighted by molar-refractivity contribution is 9.09. The monoisotopic (exact) mass is 296 g/mol. The van der Waals surface area contributed by atoms with Crippen molar-refractivity contribution in [3.8, 4) is 0 Å². The first-order valence-corrected chi connectivity index (χ1v) is 6.52. The summed E-state index contributed by atoms with van der Waals surface area (Å²) in [5, 5.41) is 11.0. The van der Waals surface area contributed by atoms with Gasteiger partial charge in [-0.05, 0) is 18.6 Å². The molecule has 0 aliphatic carbocycles. The Kier molecular flexibility index (Phi) is 3.91. The van der Waals surface area contributed by atoms with Crippen LogP contribution in [0.25, 0.3) is 10.9 Å². The molecule has 0 saturated carbocycles. The van der Waals surface area contributed by atoms with Gasteiger partial charge >= 0.3 is 0 Å². The minimum Gasteiger partial charge on any atom is -0.391 e.